The predicted octanol–water partition coefficient (Wildman–Crippen LogP) is 23.4. The number of nitrogens with zero attached hydrogens (tertiary/aromatic N) is 4. The lowest BCUT2D eigenvalue weighted by atomic mass is 9.81. The normalized spacial score (nSPS) is 12.6. The molecule has 0 unspecified atom stereocenters. The van der Waals surface area contributed by atoms with Crippen LogP contribution in [0, 0.1) is 0 Å². The molecule has 0 saturated heterocycles. The van der Waals surface area contributed by atoms with Crippen molar-refractivity contribution in [2.24, 2.45) is 0 Å². The maximum Gasteiger partial charge on any atom is 0.0541 e. The van der Waals surface area contributed by atoms with Gasteiger partial charge in [-0.15, -0.1) is 0 Å². The molecule has 0 bridgehead atoms. The van der Waals surface area contributed by atoms with Crippen LogP contribution in [0.15, 0.2) is 328 Å². The number of aromatic nitrogens is 3. The molecule has 1 aliphatic carbocycles. The van der Waals surface area contributed by atoms with E-state index in [0.717, 1.165) is 28.3 Å². The Morgan fingerprint density at radius 2 is 0.505 bits per heavy atom. The van der Waals surface area contributed by atoms with Crippen LogP contribution in [0.2, 0.25) is 0 Å². The summed E-state index contributed by atoms with van der Waals surface area (Å²) in [4.78, 5) is 2.43. The fourth-order valence-corrected chi connectivity index (χ4v) is 15.0. The van der Waals surface area contributed by atoms with Gasteiger partial charge in [0.15, 0.2) is 0 Å². The molecule has 4 nitrogen and oxygen atoms in total. The van der Waals surface area contributed by atoms with Crippen molar-refractivity contribution in [3.05, 3.63) is 339 Å². The molecule has 17 aromatic rings. The Morgan fingerprint density at radius 3 is 0.956 bits per heavy atom. The zero-order valence-corrected chi connectivity index (χ0v) is 50.5. The lowest BCUT2D eigenvalue weighted by Gasteiger charge is -2.28. The van der Waals surface area contributed by atoms with E-state index in [2.05, 4.69) is 360 Å². The summed E-state index contributed by atoms with van der Waals surface area (Å²) in [5.74, 6) is 0. The molecule has 0 radical (unpaired) electrons. The summed E-state index contributed by atoms with van der Waals surface area (Å²) in [5.41, 5.74) is 28.5. The van der Waals surface area contributed by atoms with E-state index in [1.807, 2.05) is 0 Å². The maximum absolute atomic E-state index is 2.45. The molecule has 0 saturated carbocycles. The Balaban J connectivity index is 0.686. The molecule has 0 N–H and O–H groups in total. The van der Waals surface area contributed by atoms with Gasteiger partial charge < -0.3 is 18.6 Å². The van der Waals surface area contributed by atoms with Crippen molar-refractivity contribution < 1.29 is 0 Å². The van der Waals surface area contributed by atoms with Gasteiger partial charge in [-0.05, 0) is 194 Å². The highest BCUT2D eigenvalue weighted by Gasteiger charge is 2.36. The van der Waals surface area contributed by atoms with Gasteiger partial charge in [-0.1, -0.05) is 214 Å². The van der Waals surface area contributed by atoms with Crippen LogP contribution >= 0.6 is 0 Å². The summed E-state index contributed by atoms with van der Waals surface area (Å²) in [5, 5.41) is 7.55. The number of fused-ring (bicyclic) bond motifs is 12. The molecule has 3 aromatic heterocycles. The molecule has 0 spiro atoms. The van der Waals surface area contributed by atoms with Crippen LogP contribution in [0.4, 0.5) is 17.1 Å². The molecule has 1 aliphatic rings. The SMILES string of the molecule is CC1(C)c2cc(-c3ccc4c(c3)c3ccccc3n4-c3ccccc3)ccc2-c2ccc(N(c3ccc(-c4ccc(-c5ccc6c(c5)c5ccccc5n6-c5ccccc5)cc4)cc3)c3ccc(-c4ccc(-n5c6ccccc6c6ccccc65)cc4)cc3)cc21. The summed E-state index contributed by atoms with van der Waals surface area (Å²) in [6.07, 6.45) is 0. The van der Waals surface area contributed by atoms with Crippen LogP contribution in [0.1, 0.15) is 25.0 Å². The van der Waals surface area contributed by atoms with Crippen molar-refractivity contribution in [2.45, 2.75) is 19.3 Å². The van der Waals surface area contributed by atoms with E-state index >= 15 is 0 Å². The quantitative estimate of drug-likeness (QED) is 0.133. The van der Waals surface area contributed by atoms with Gasteiger partial charge in [0.05, 0.1) is 33.1 Å². The summed E-state index contributed by atoms with van der Waals surface area (Å²) < 4.78 is 7.14. The summed E-state index contributed by atoms with van der Waals surface area (Å²) in [6.45, 7) is 4.80. The zero-order chi connectivity index (χ0) is 60.3. The summed E-state index contributed by atoms with van der Waals surface area (Å²) in [6, 6.07) is 121. The van der Waals surface area contributed by atoms with Gasteiger partial charge in [-0.25, -0.2) is 0 Å². The summed E-state index contributed by atoms with van der Waals surface area (Å²) in [7, 11) is 0. The standard InChI is InChI=1S/C87H60N4/c1-87(2)79-55-64(63-41-52-86-78(54-63)76-24-12-16-28-84(76)90(86)66-19-7-4-8-20-66)39-49-71(79)72-50-48-70(56-80(72)87)88(68-44-35-59(36-45-68)60-37-46-69(47-38-60)91-81-25-13-9-21-73(81)74-22-10-14-26-82(74)91)67-42-33-58(34-43-67)57-29-31-61(32-30-57)62-40-51-85-77(53-62)75-23-11-15-27-83(75)89(85)65-17-5-3-6-18-65/h3-56H,1-2H3. The second kappa shape index (κ2) is 20.7. The van der Waals surface area contributed by atoms with E-state index in [1.165, 1.54) is 138 Å². The van der Waals surface area contributed by atoms with E-state index in [-0.39, 0.29) is 5.41 Å². The van der Waals surface area contributed by atoms with Crippen molar-refractivity contribution >= 4 is 82.5 Å². The third-order valence-electron chi connectivity index (χ3n) is 19.5. The molecule has 0 aliphatic heterocycles. The Labute approximate surface area is 528 Å². The van der Waals surface area contributed by atoms with Crippen LogP contribution in [0.5, 0.6) is 0 Å². The van der Waals surface area contributed by atoms with Crippen molar-refractivity contribution in [1.29, 1.82) is 0 Å². The smallest absolute Gasteiger partial charge is 0.0541 e. The maximum atomic E-state index is 2.45. The first-order valence-electron chi connectivity index (χ1n) is 31.6. The van der Waals surface area contributed by atoms with E-state index in [4.69, 9.17) is 0 Å². The average molecular weight is 1160 g/mol. The lowest BCUT2D eigenvalue weighted by molar-refractivity contribution is 0.660. The minimum Gasteiger partial charge on any atom is -0.310 e. The highest BCUT2D eigenvalue weighted by atomic mass is 15.1. The molecule has 18 rings (SSSR count). The highest BCUT2D eigenvalue weighted by Crippen LogP contribution is 2.52. The fourth-order valence-electron chi connectivity index (χ4n) is 15.0. The Kier molecular flexibility index (Phi) is 11.9. The second-order valence-corrected chi connectivity index (χ2v) is 24.9. The van der Waals surface area contributed by atoms with Crippen molar-refractivity contribution in [2.75, 3.05) is 4.90 Å². The average Bonchev–Trinajstić information content (AvgIpc) is 1.73. The van der Waals surface area contributed by atoms with Gasteiger partial charge in [0.1, 0.15) is 0 Å². The van der Waals surface area contributed by atoms with Gasteiger partial charge in [0, 0.05) is 71.9 Å². The highest BCUT2D eigenvalue weighted by molar-refractivity contribution is 6.12. The number of hydrogen-bond donors (Lipinski definition) is 0. The number of rotatable bonds is 10. The topological polar surface area (TPSA) is 18.0 Å². The first kappa shape index (κ1) is 52.4. The van der Waals surface area contributed by atoms with Crippen LogP contribution in [0.3, 0.4) is 0 Å². The first-order chi connectivity index (χ1) is 44.9. The molecule has 0 fully saturated rings. The Bertz CT molecular complexity index is 5640. The van der Waals surface area contributed by atoms with Gasteiger partial charge >= 0.3 is 0 Å². The van der Waals surface area contributed by atoms with Gasteiger partial charge in [-0.2, -0.15) is 0 Å². The van der Waals surface area contributed by atoms with Crippen LogP contribution in [0.25, 0.3) is 138 Å². The minimum atomic E-state index is -0.270. The van der Waals surface area contributed by atoms with Crippen molar-refractivity contribution in [3.63, 3.8) is 0 Å². The molecular formula is C87H60N4. The summed E-state index contributed by atoms with van der Waals surface area (Å²) >= 11 is 0. The van der Waals surface area contributed by atoms with Crippen LogP contribution in [-0.4, -0.2) is 13.7 Å². The van der Waals surface area contributed by atoms with Crippen LogP contribution < -0.4 is 4.90 Å². The third kappa shape index (κ3) is 8.44. The van der Waals surface area contributed by atoms with E-state index < -0.39 is 0 Å². The molecule has 3 heterocycles. The molecule has 91 heavy (non-hydrogen) atoms. The zero-order valence-electron chi connectivity index (χ0n) is 50.5. The third-order valence-corrected chi connectivity index (χ3v) is 19.5. The Morgan fingerprint density at radius 1 is 0.220 bits per heavy atom. The van der Waals surface area contributed by atoms with Gasteiger partial charge in [-0.3, -0.25) is 0 Å². The molecule has 14 aromatic carbocycles. The predicted molar refractivity (Wildman–Crippen MR) is 383 cm³/mol. The minimum absolute atomic E-state index is 0.270. The fraction of sp³-hybridized carbons (Fsp3) is 0.0345. The van der Waals surface area contributed by atoms with Gasteiger partial charge in [0.2, 0.25) is 0 Å². The molecule has 428 valence electrons. The van der Waals surface area contributed by atoms with Crippen molar-refractivity contribution in [3.8, 4) is 72.7 Å². The van der Waals surface area contributed by atoms with E-state index in [0.29, 0.717) is 0 Å². The van der Waals surface area contributed by atoms with Gasteiger partial charge in [0.25, 0.3) is 0 Å². The Hall–Kier alpha value is -11.7. The number of para-hydroxylation sites is 6. The lowest BCUT2D eigenvalue weighted by Crippen LogP contribution is -2.16. The van der Waals surface area contributed by atoms with E-state index in [1.54, 1.807) is 0 Å². The number of hydrogen-bond acceptors (Lipinski definition) is 1. The molecule has 0 amide bonds. The molecule has 4 heteroatoms. The largest absolute Gasteiger partial charge is 0.310 e. The van der Waals surface area contributed by atoms with Crippen molar-refractivity contribution in [1.82, 2.24) is 13.7 Å². The van der Waals surface area contributed by atoms with Crippen LogP contribution in [-0.2, 0) is 5.41 Å². The number of anilines is 3. The molecular weight excluding hydrogens is 1100 g/mol. The second-order valence-electron chi connectivity index (χ2n) is 24.9. The molecule has 0 atom stereocenters. The number of benzene rings is 14. The first-order valence-corrected chi connectivity index (χ1v) is 31.6. The van der Waals surface area contributed by atoms with E-state index in [9.17, 15) is 0 Å². The monoisotopic (exact) mass is 1160 g/mol.